The van der Waals surface area contributed by atoms with E-state index in [4.69, 9.17) is 0 Å². The first-order valence-electron chi connectivity index (χ1n) is 1.59. The summed E-state index contributed by atoms with van der Waals surface area (Å²) in [7, 11) is 0. The molecule has 0 saturated heterocycles. The van der Waals surface area contributed by atoms with Crippen LogP contribution in [0.25, 0.3) is 0 Å². The molecule has 1 heteroatoms. The standard InChI is InChI=1S/C4H7Br/c1-2-3-4-5/h2-3H,4H2,1H3/b3-2+. The molecular weight excluding hydrogens is 128 g/mol. The highest BCUT2D eigenvalue weighted by molar-refractivity contribution is 9.09. The van der Waals surface area contributed by atoms with E-state index < -0.39 is 0 Å². The molecular formula is C4H7Br. The fraction of sp³-hybridized carbons (Fsp3) is 0.500. The summed E-state index contributed by atoms with van der Waals surface area (Å²) in [5.41, 5.74) is 0. The van der Waals surface area contributed by atoms with Crippen LogP contribution in [-0.2, 0) is 0 Å². The maximum absolute atomic E-state index is 3.22. The van der Waals surface area contributed by atoms with Crippen LogP contribution >= 0.6 is 15.9 Å². The van der Waals surface area contributed by atoms with Crippen molar-refractivity contribution in [1.82, 2.24) is 0 Å². The maximum atomic E-state index is 3.22. The second kappa shape index (κ2) is 4.22. The minimum atomic E-state index is 0.976. The molecule has 0 aliphatic rings. The van der Waals surface area contributed by atoms with Gasteiger partial charge in [0, 0.05) is 5.33 Å². The minimum absolute atomic E-state index is 0.976. The molecule has 0 bridgehead atoms. The first kappa shape index (κ1) is 5.22. The highest BCUT2D eigenvalue weighted by Gasteiger charge is 1.54. The average molecular weight is 135 g/mol. The second-order valence-electron chi connectivity index (χ2n) is 0.723. The van der Waals surface area contributed by atoms with Gasteiger partial charge in [-0.25, -0.2) is 0 Å². The Morgan fingerprint density at radius 1 is 1.80 bits per heavy atom. The van der Waals surface area contributed by atoms with Gasteiger partial charge in [0.15, 0.2) is 0 Å². The van der Waals surface area contributed by atoms with Gasteiger partial charge in [0.1, 0.15) is 0 Å². The van der Waals surface area contributed by atoms with Gasteiger partial charge in [0.2, 0.25) is 0 Å². The Balaban J connectivity index is 2.62. The molecule has 0 aromatic carbocycles. The normalized spacial score (nSPS) is 10.0. The van der Waals surface area contributed by atoms with E-state index in [0.29, 0.717) is 0 Å². The van der Waals surface area contributed by atoms with E-state index in [-0.39, 0.29) is 0 Å². The molecule has 0 atom stereocenters. The van der Waals surface area contributed by atoms with Gasteiger partial charge < -0.3 is 0 Å². The third-order valence-electron chi connectivity index (χ3n) is 0.325. The van der Waals surface area contributed by atoms with E-state index in [1.165, 1.54) is 0 Å². The van der Waals surface area contributed by atoms with Crippen molar-refractivity contribution < 1.29 is 0 Å². The molecule has 0 saturated carbocycles. The monoisotopic (exact) mass is 134 g/mol. The summed E-state index contributed by atoms with van der Waals surface area (Å²) in [5, 5.41) is 0.976. The van der Waals surface area contributed by atoms with Crippen LogP contribution in [-0.4, -0.2) is 5.33 Å². The Morgan fingerprint density at radius 3 is 2.40 bits per heavy atom. The van der Waals surface area contributed by atoms with E-state index in [9.17, 15) is 0 Å². The van der Waals surface area contributed by atoms with Crippen LogP contribution in [0.1, 0.15) is 6.92 Å². The van der Waals surface area contributed by atoms with Gasteiger partial charge in [-0.2, -0.15) is 0 Å². The fourth-order valence-corrected chi connectivity index (χ4v) is 0.463. The second-order valence-corrected chi connectivity index (χ2v) is 1.37. The molecule has 0 nitrogen and oxygen atoms in total. The number of rotatable bonds is 1. The Kier molecular flexibility index (Phi) is 4.41. The lowest BCUT2D eigenvalue weighted by Crippen LogP contribution is -1.49. The van der Waals surface area contributed by atoms with Crippen molar-refractivity contribution in [2.75, 3.05) is 5.33 Å². The molecule has 0 amide bonds. The molecule has 5 heavy (non-hydrogen) atoms. The van der Waals surface area contributed by atoms with Crippen molar-refractivity contribution in [3.05, 3.63) is 12.2 Å². The number of hydrogen-bond donors (Lipinski definition) is 0. The predicted octanol–water partition coefficient (Wildman–Crippen LogP) is 1.96. The summed E-state index contributed by atoms with van der Waals surface area (Å²) in [4.78, 5) is 0. The molecule has 0 heterocycles. The molecule has 0 unspecified atom stereocenters. The topological polar surface area (TPSA) is 0 Å². The SMILES string of the molecule is C/C=C/CBr. The smallest absolute Gasteiger partial charge is 0.0211 e. The fourth-order valence-electron chi connectivity index (χ4n) is 0.0891. The van der Waals surface area contributed by atoms with Crippen molar-refractivity contribution in [2.24, 2.45) is 0 Å². The van der Waals surface area contributed by atoms with E-state index in [1.807, 2.05) is 19.1 Å². The average Bonchev–Trinajstić information content (AvgIpc) is 1.41. The lowest BCUT2D eigenvalue weighted by Gasteiger charge is -1.63. The first-order chi connectivity index (χ1) is 2.41. The molecule has 0 aromatic rings. The van der Waals surface area contributed by atoms with E-state index >= 15 is 0 Å². The van der Waals surface area contributed by atoms with E-state index in [2.05, 4.69) is 15.9 Å². The quantitative estimate of drug-likeness (QED) is 0.380. The molecule has 0 N–H and O–H groups in total. The molecule has 0 fully saturated rings. The number of allylic oxidation sites excluding steroid dienone is 2. The lowest BCUT2D eigenvalue weighted by atomic mass is 10.6. The molecule has 30 valence electrons. The lowest BCUT2D eigenvalue weighted by molar-refractivity contribution is 1.67. The van der Waals surface area contributed by atoms with Gasteiger partial charge in [-0.3, -0.25) is 0 Å². The highest BCUT2D eigenvalue weighted by Crippen LogP contribution is 1.77. The van der Waals surface area contributed by atoms with Gasteiger partial charge in [0.25, 0.3) is 0 Å². The van der Waals surface area contributed by atoms with Crippen LogP contribution in [0.5, 0.6) is 0 Å². The van der Waals surface area contributed by atoms with Gasteiger partial charge in [0.05, 0.1) is 0 Å². The summed E-state index contributed by atoms with van der Waals surface area (Å²) in [6, 6.07) is 0. The van der Waals surface area contributed by atoms with Crippen LogP contribution in [0.15, 0.2) is 12.2 Å². The van der Waals surface area contributed by atoms with Crippen molar-refractivity contribution in [1.29, 1.82) is 0 Å². The molecule has 0 aromatic heterocycles. The molecule has 0 rings (SSSR count). The minimum Gasteiger partial charge on any atom is -0.0908 e. The Hall–Kier alpha value is 0.220. The number of halogens is 1. The van der Waals surface area contributed by atoms with Crippen LogP contribution in [0.2, 0.25) is 0 Å². The van der Waals surface area contributed by atoms with Gasteiger partial charge in [-0.1, -0.05) is 28.1 Å². The van der Waals surface area contributed by atoms with Crippen molar-refractivity contribution in [3.63, 3.8) is 0 Å². The van der Waals surface area contributed by atoms with E-state index in [0.717, 1.165) is 5.33 Å². The first-order valence-corrected chi connectivity index (χ1v) is 2.71. The summed E-state index contributed by atoms with van der Waals surface area (Å²) >= 11 is 3.22. The largest absolute Gasteiger partial charge is 0.0908 e. The van der Waals surface area contributed by atoms with Crippen molar-refractivity contribution in [2.45, 2.75) is 6.92 Å². The maximum Gasteiger partial charge on any atom is 0.0211 e. The number of alkyl halides is 1. The third-order valence-corrected chi connectivity index (χ3v) is 0.699. The van der Waals surface area contributed by atoms with Crippen LogP contribution in [0, 0.1) is 0 Å². The third kappa shape index (κ3) is 4.22. The molecule has 0 aliphatic heterocycles. The Morgan fingerprint density at radius 2 is 2.40 bits per heavy atom. The molecule has 0 radical (unpaired) electrons. The molecule has 0 spiro atoms. The zero-order valence-electron chi connectivity index (χ0n) is 3.24. The summed E-state index contributed by atoms with van der Waals surface area (Å²) < 4.78 is 0. The van der Waals surface area contributed by atoms with Gasteiger partial charge in [-0.05, 0) is 6.92 Å². The number of hydrogen-bond acceptors (Lipinski definition) is 0. The predicted molar refractivity (Wildman–Crippen MR) is 28.6 cm³/mol. The summed E-state index contributed by atoms with van der Waals surface area (Å²) in [6.45, 7) is 2.00. The Labute approximate surface area is 41.0 Å². The highest BCUT2D eigenvalue weighted by atomic mass is 79.9. The van der Waals surface area contributed by atoms with Gasteiger partial charge >= 0.3 is 0 Å². The van der Waals surface area contributed by atoms with Crippen LogP contribution in [0.4, 0.5) is 0 Å². The Bertz CT molecular complexity index is 30.6. The zero-order valence-corrected chi connectivity index (χ0v) is 4.83. The van der Waals surface area contributed by atoms with Crippen LogP contribution < -0.4 is 0 Å². The van der Waals surface area contributed by atoms with Crippen molar-refractivity contribution in [3.8, 4) is 0 Å². The summed E-state index contributed by atoms with van der Waals surface area (Å²) in [5.74, 6) is 0. The van der Waals surface area contributed by atoms with Gasteiger partial charge in [-0.15, -0.1) is 0 Å². The molecule has 0 aliphatic carbocycles. The van der Waals surface area contributed by atoms with Crippen LogP contribution in [0.3, 0.4) is 0 Å². The van der Waals surface area contributed by atoms with E-state index in [1.54, 1.807) is 0 Å². The van der Waals surface area contributed by atoms with Crippen molar-refractivity contribution >= 4 is 15.9 Å². The summed E-state index contributed by atoms with van der Waals surface area (Å²) in [6.07, 6.45) is 4.05. The zero-order chi connectivity index (χ0) is 4.12.